The van der Waals surface area contributed by atoms with Gasteiger partial charge in [-0.3, -0.25) is 4.79 Å². The first kappa shape index (κ1) is 20.6. The van der Waals surface area contributed by atoms with Crippen LogP contribution in [0.3, 0.4) is 0 Å². The number of fused-ring (bicyclic) bond motifs is 2. The molecule has 1 aliphatic heterocycles. The molecule has 5 atom stereocenters. The van der Waals surface area contributed by atoms with E-state index < -0.39 is 11.7 Å². The molecule has 2 saturated carbocycles. The van der Waals surface area contributed by atoms with E-state index in [-0.39, 0.29) is 35.2 Å². The fraction of sp³-hybridized carbons (Fsp3) is 0.478. The Morgan fingerprint density at radius 2 is 2.16 bits per heavy atom. The number of hydrogen-bond donors (Lipinski definition) is 1. The van der Waals surface area contributed by atoms with E-state index in [1.54, 1.807) is 18.2 Å². The van der Waals surface area contributed by atoms with Gasteiger partial charge in [-0.2, -0.15) is 13.2 Å². The van der Waals surface area contributed by atoms with Crippen molar-refractivity contribution in [2.45, 2.75) is 50.3 Å². The number of nitrogens with zero attached hydrogens (tertiary/aromatic N) is 1. The maximum atomic E-state index is 13.0. The molecule has 2 heterocycles. The summed E-state index contributed by atoms with van der Waals surface area (Å²) in [4.78, 5) is 17.0. The summed E-state index contributed by atoms with van der Waals surface area (Å²) in [5.41, 5.74) is 0.0483. The second-order valence-electron chi connectivity index (χ2n) is 8.79. The third-order valence-electron chi connectivity index (χ3n) is 7.30. The molecule has 1 N–H and O–H groups in total. The summed E-state index contributed by atoms with van der Waals surface area (Å²) in [7, 11) is 0. The van der Waals surface area contributed by atoms with Gasteiger partial charge in [-0.15, -0.1) is 0 Å². The molecule has 2 aromatic rings. The minimum atomic E-state index is -4.37. The number of nitrogens with one attached hydrogen (secondary N) is 1. The van der Waals surface area contributed by atoms with Crippen LogP contribution < -0.4 is 10.1 Å². The SMILES string of the molecule is CC[C@H](C(=O)Nc1ccc(Cl)cn1)[C@H]1CC[C@@]23c4ccc(C(F)(F)F)cc4OC2C3C1. The Balaban J connectivity index is 1.29. The molecule has 8 heteroatoms. The van der Waals surface area contributed by atoms with E-state index in [4.69, 9.17) is 16.3 Å². The maximum Gasteiger partial charge on any atom is 0.416 e. The van der Waals surface area contributed by atoms with Crippen LogP contribution in [0, 0.1) is 17.8 Å². The first-order chi connectivity index (χ1) is 14.7. The molecular formula is C23H22ClF3N2O2. The zero-order chi connectivity index (χ0) is 22.0. The molecule has 1 aromatic carbocycles. The van der Waals surface area contributed by atoms with E-state index in [2.05, 4.69) is 10.3 Å². The molecule has 1 aromatic heterocycles. The van der Waals surface area contributed by atoms with Gasteiger partial charge in [-0.25, -0.2) is 4.98 Å². The van der Waals surface area contributed by atoms with Gasteiger partial charge in [0.2, 0.25) is 5.91 Å². The number of benzene rings is 1. The molecule has 1 spiro atoms. The highest BCUT2D eigenvalue weighted by molar-refractivity contribution is 6.30. The Morgan fingerprint density at radius 3 is 2.84 bits per heavy atom. The number of anilines is 1. The molecule has 2 fully saturated rings. The van der Waals surface area contributed by atoms with Crippen LogP contribution in [0.4, 0.5) is 19.0 Å². The number of pyridine rings is 1. The number of aromatic nitrogens is 1. The molecule has 31 heavy (non-hydrogen) atoms. The molecule has 2 unspecified atom stereocenters. The van der Waals surface area contributed by atoms with Crippen LogP contribution in [-0.2, 0) is 16.4 Å². The lowest BCUT2D eigenvalue weighted by molar-refractivity contribution is -0.137. The summed E-state index contributed by atoms with van der Waals surface area (Å²) >= 11 is 5.85. The number of rotatable bonds is 4. The van der Waals surface area contributed by atoms with Crippen molar-refractivity contribution in [1.29, 1.82) is 0 Å². The lowest BCUT2D eigenvalue weighted by Crippen LogP contribution is -2.33. The number of hydrogen-bond acceptors (Lipinski definition) is 3. The van der Waals surface area contributed by atoms with E-state index in [9.17, 15) is 18.0 Å². The molecule has 0 saturated heterocycles. The van der Waals surface area contributed by atoms with Crippen molar-refractivity contribution in [3.8, 4) is 5.75 Å². The highest BCUT2D eigenvalue weighted by Crippen LogP contribution is 2.70. The number of ether oxygens (including phenoxy) is 1. The molecule has 0 bridgehead atoms. The molecular weight excluding hydrogens is 429 g/mol. The Hall–Kier alpha value is -2.28. The molecule has 164 valence electrons. The van der Waals surface area contributed by atoms with Crippen molar-refractivity contribution >= 4 is 23.3 Å². The Bertz CT molecular complexity index is 1030. The van der Waals surface area contributed by atoms with Crippen LogP contribution in [0.5, 0.6) is 5.75 Å². The van der Waals surface area contributed by atoms with Gasteiger partial charge >= 0.3 is 6.18 Å². The highest BCUT2D eigenvalue weighted by atomic mass is 35.5. The summed E-state index contributed by atoms with van der Waals surface area (Å²) in [6.07, 6.45) is 0.263. The van der Waals surface area contributed by atoms with Gasteiger partial charge in [0, 0.05) is 29.0 Å². The molecule has 2 aliphatic carbocycles. The van der Waals surface area contributed by atoms with E-state index in [0.717, 1.165) is 37.0 Å². The second-order valence-corrected chi connectivity index (χ2v) is 9.23. The number of carbonyl (C=O) groups is 1. The van der Waals surface area contributed by atoms with Crippen molar-refractivity contribution < 1.29 is 22.7 Å². The monoisotopic (exact) mass is 450 g/mol. The lowest BCUT2D eigenvalue weighted by Gasteiger charge is -2.32. The van der Waals surface area contributed by atoms with Gasteiger partial charge in [0.15, 0.2) is 0 Å². The third-order valence-corrected chi connectivity index (χ3v) is 7.52. The fourth-order valence-corrected chi connectivity index (χ4v) is 5.88. The summed E-state index contributed by atoms with van der Waals surface area (Å²) < 4.78 is 45.0. The quantitative estimate of drug-likeness (QED) is 0.636. The molecule has 1 amide bonds. The van der Waals surface area contributed by atoms with Gasteiger partial charge in [0.05, 0.1) is 10.6 Å². The van der Waals surface area contributed by atoms with Crippen LogP contribution in [0.25, 0.3) is 0 Å². The van der Waals surface area contributed by atoms with Gasteiger partial charge < -0.3 is 10.1 Å². The standard InChI is InChI=1S/C23H22ClF3N2O2/c1-2-15(21(30)29-19-6-4-14(24)11-28-19)12-7-8-22-16-5-3-13(23(25,26)27)10-18(16)31-20(22)17(22)9-12/h3-6,10-12,15,17,20H,2,7-9H2,1H3,(H,28,29,30)/t12-,15-,17?,20?,22-/m0/s1. The minimum Gasteiger partial charge on any atom is -0.489 e. The largest absolute Gasteiger partial charge is 0.489 e. The van der Waals surface area contributed by atoms with Crippen molar-refractivity contribution in [1.82, 2.24) is 4.98 Å². The van der Waals surface area contributed by atoms with E-state index in [0.29, 0.717) is 23.0 Å². The summed E-state index contributed by atoms with van der Waals surface area (Å²) in [6, 6.07) is 7.23. The molecule has 4 nitrogen and oxygen atoms in total. The normalized spacial score (nSPS) is 29.3. The van der Waals surface area contributed by atoms with Crippen LogP contribution in [0.2, 0.25) is 5.02 Å². The predicted octanol–water partition coefficient (Wildman–Crippen LogP) is 5.85. The molecule has 5 rings (SSSR count). The number of amides is 1. The highest BCUT2D eigenvalue weighted by Gasteiger charge is 2.73. The van der Waals surface area contributed by atoms with Crippen molar-refractivity contribution in [3.63, 3.8) is 0 Å². The second kappa shape index (κ2) is 7.12. The Morgan fingerprint density at radius 1 is 1.35 bits per heavy atom. The van der Waals surface area contributed by atoms with Crippen molar-refractivity contribution in [2.75, 3.05) is 5.32 Å². The van der Waals surface area contributed by atoms with Crippen LogP contribution in [0.15, 0.2) is 36.5 Å². The fourth-order valence-electron chi connectivity index (χ4n) is 5.77. The molecule has 0 radical (unpaired) electrons. The van der Waals surface area contributed by atoms with Crippen LogP contribution >= 0.6 is 11.6 Å². The zero-order valence-corrected chi connectivity index (χ0v) is 17.6. The zero-order valence-electron chi connectivity index (χ0n) is 16.9. The molecule has 3 aliphatic rings. The van der Waals surface area contributed by atoms with Crippen molar-refractivity contribution in [3.05, 3.63) is 52.7 Å². The van der Waals surface area contributed by atoms with Gasteiger partial charge in [-0.05, 0) is 55.9 Å². The van der Waals surface area contributed by atoms with E-state index >= 15 is 0 Å². The van der Waals surface area contributed by atoms with Crippen LogP contribution in [0.1, 0.15) is 43.7 Å². The van der Waals surface area contributed by atoms with Gasteiger partial charge in [0.25, 0.3) is 0 Å². The average Bonchev–Trinajstić information content (AvgIpc) is 3.24. The predicted molar refractivity (Wildman–Crippen MR) is 110 cm³/mol. The number of halogens is 4. The number of carbonyl (C=O) groups excluding carboxylic acids is 1. The summed E-state index contributed by atoms with van der Waals surface area (Å²) in [5, 5.41) is 3.39. The lowest BCUT2D eigenvalue weighted by atomic mass is 9.72. The first-order valence-electron chi connectivity index (χ1n) is 10.5. The Labute approximate surface area is 183 Å². The number of alkyl halides is 3. The van der Waals surface area contributed by atoms with E-state index in [1.807, 2.05) is 6.92 Å². The Kier molecular flexibility index (Phi) is 4.73. The average molecular weight is 451 g/mol. The smallest absolute Gasteiger partial charge is 0.416 e. The van der Waals surface area contributed by atoms with Gasteiger partial charge in [-0.1, -0.05) is 24.6 Å². The minimum absolute atomic E-state index is 0.0554. The van der Waals surface area contributed by atoms with E-state index in [1.165, 1.54) is 6.20 Å². The first-order valence-corrected chi connectivity index (χ1v) is 10.9. The topological polar surface area (TPSA) is 51.2 Å². The van der Waals surface area contributed by atoms with Crippen molar-refractivity contribution in [2.24, 2.45) is 17.8 Å². The third kappa shape index (κ3) is 3.28. The summed E-state index contributed by atoms with van der Waals surface area (Å²) in [6.45, 7) is 2.00. The maximum absolute atomic E-state index is 13.0. The van der Waals surface area contributed by atoms with Crippen LogP contribution in [-0.4, -0.2) is 17.0 Å². The summed E-state index contributed by atoms with van der Waals surface area (Å²) in [5.74, 6) is 1.10. The van der Waals surface area contributed by atoms with Gasteiger partial charge in [0.1, 0.15) is 17.7 Å².